The molecule has 0 radical (unpaired) electrons. The van der Waals surface area contributed by atoms with Crippen molar-refractivity contribution < 1.29 is 24.2 Å². The van der Waals surface area contributed by atoms with Crippen molar-refractivity contribution in [2.75, 3.05) is 13.2 Å². The fourth-order valence-corrected chi connectivity index (χ4v) is 10.6. The first-order chi connectivity index (χ1) is 35.6. The van der Waals surface area contributed by atoms with Gasteiger partial charge >= 0.3 is 11.9 Å². The van der Waals surface area contributed by atoms with Crippen molar-refractivity contribution in [3.8, 4) is 0 Å². The number of unbranched alkanes of at least 4 members (excludes halogenated alkanes) is 53. The summed E-state index contributed by atoms with van der Waals surface area (Å²) >= 11 is 0. The van der Waals surface area contributed by atoms with Gasteiger partial charge in [-0.2, -0.15) is 0 Å². The Labute approximate surface area is 451 Å². The van der Waals surface area contributed by atoms with E-state index in [2.05, 4.69) is 26.0 Å². The molecule has 0 bridgehead atoms. The molecule has 0 saturated heterocycles. The van der Waals surface area contributed by atoms with Crippen LogP contribution >= 0.6 is 0 Å². The first-order valence-electron chi connectivity index (χ1n) is 33.2. The second-order valence-electron chi connectivity index (χ2n) is 22.9. The summed E-state index contributed by atoms with van der Waals surface area (Å²) < 4.78 is 10.8. The van der Waals surface area contributed by atoms with Gasteiger partial charge in [0.1, 0.15) is 6.61 Å². The fourth-order valence-electron chi connectivity index (χ4n) is 10.6. The van der Waals surface area contributed by atoms with Crippen molar-refractivity contribution in [1.29, 1.82) is 0 Å². The van der Waals surface area contributed by atoms with Gasteiger partial charge < -0.3 is 14.6 Å². The minimum absolute atomic E-state index is 0.0566. The van der Waals surface area contributed by atoms with Crippen LogP contribution in [0.15, 0.2) is 12.2 Å². The van der Waals surface area contributed by atoms with Crippen LogP contribution in [0.1, 0.15) is 386 Å². The Morgan fingerprint density at radius 1 is 0.306 bits per heavy atom. The van der Waals surface area contributed by atoms with Crippen molar-refractivity contribution in [2.45, 2.75) is 392 Å². The zero-order valence-corrected chi connectivity index (χ0v) is 49.2. The number of hydrogen-bond donors (Lipinski definition) is 1. The van der Waals surface area contributed by atoms with Gasteiger partial charge in [-0.15, -0.1) is 0 Å². The molecule has 0 heterocycles. The number of aliphatic hydroxyl groups excluding tert-OH is 1. The number of carbonyl (C=O) groups is 2. The summed E-state index contributed by atoms with van der Waals surface area (Å²) in [5.41, 5.74) is 0. The lowest BCUT2D eigenvalue weighted by Crippen LogP contribution is -2.28. The average Bonchev–Trinajstić information content (AvgIpc) is 3.38. The van der Waals surface area contributed by atoms with E-state index < -0.39 is 6.10 Å². The second kappa shape index (κ2) is 63.9. The molecule has 0 aliphatic carbocycles. The number of allylic oxidation sites excluding steroid dienone is 2. The molecule has 428 valence electrons. The van der Waals surface area contributed by atoms with Crippen LogP contribution < -0.4 is 0 Å². The molecular weight excluding hydrogens is 885 g/mol. The Bertz CT molecular complexity index is 1060. The lowest BCUT2D eigenvalue weighted by Gasteiger charge is -2.15. The van der Waals surface area contributed by atoms with Crippen LogP contribution in [-0.4, -0.2) is 36.4 Å². The van der Waals surface area contributed by atoms with E-state index in [1.807, 2.05) is 0 Å². The van der Waals surface area contributed by atoms with Crippen LogP contribution in [0.25, 0.3) is 0 Å². The molecule has 5 nitrogen and oxygen atoms in total. The van der Waals surface area contributed by atoms with Gasteiger partial charge in [-0.1, -0.05) is 347 Å². The van der Waals surface area contributed by atoms with Gasteiger partial charge in [0, 0.05) is 12.8 Å². The Balaban J connectivity index is 3.37. The summed E-state index contributed by atoms with van der Waals surface area (Å²) in [4.78, 5) is 24.6. The molecule has 1 N–H and O–H groups in total. The van der Waals surface area contributed by atoms with E-state index in [1.165, 1.54) is 327 Å². The third kappa shape index (κ3) is 61.2. The smallest absolute Gasteiger partial charge is 0.306 e. The molecule has 0 aromatic rings. The lowest BCUT2D eigenvalue weighted by atomic mass is 10.0. The van der Waals surface area contributed by atoms with Crippen molar-refractivity contribution in [3.05, 3.63) is 12.2 Å². The van der Waals surface area contributed by atoms with Crippen molar-refractivity contribution in [3.63, 3.8) is 0 Å². The molecule has 0 saturated carbocycles. The van der Waals surface area contributed by atoms with Gasteiger partial charge in [-0.3, -0.25) is 9.59 Å². The molecule has 72 heavy (non-hydrogen) atoms. The highest BCUT2D eigenvalue weighted by atomic mass is 16.6. The molecule has 0 aliphatic rings. The van der Waals surface area contributed by atoms with E-state index in [0.717, 1.165) is 32.1 Å². The average molecular weight is 1020 g/mol. The third-order valence-electron chi connectivity index (χ3n) is 15.6. The van der Waals surface area contributed by atoms with E-state index in [4.69, 9.17) is 9.47 Å². The van der Waals surface area contributed by atoms with Gasteiger partial charge in [0.2, 0.25) is 0 Å². The van der Waals surface area contributed by atoms with Gasteiger partial charge in [0.25, 0.3) is 0 Å². The van der Waals surface area contributed by atoms with Gasteiger partial charge in [-0.05, 0) is 38.5 Å². The van der Waals surface area contributed by atoms with E-state index >= 15 is 0 Å². The molecule has 0 fully saturated rings. The van der Waals surface area contributed by atoms with Crippen molar-refractivity contribution >= 4 is 11.9 Å². The fraction of sp³-hybridized carbons (Fsp3) is 0.940. The predicted molar refractivity (Wildman–Crippen MR) is 316 cm³/mol. The van der Waals surface area contributed by atoms with E-state index in [9.17, 15) is 14.7 Å². The topological polar surface area (TPSA) is 72.8 Å². The molecule has 1 unspecified atom stereocenters. The van der Waals surface area contributed by atoms with E-state index in [0.29, 0.717) is 12.8 Å². The Morgan fingerprint density at radius 3 is 0.750 bits per heavy atom. The van der Waals surface area contributed by atoms with Crippen LogP contribution in [0.4, 0.5) is 0 Å². The van der Waals surface area contributed by atoms with Crippen molar-refractivity contribution in [1.82, 2.24) is 0 Å². The van der Waals surface area contributed by atoms with Crippen LogP contribution in [0.3, 0.4) is 0 Å². The highest BCUT2D eigenvalue weighted by molar-refractivity contribution is 5.70. The zero-order valence-electron chi connectivity index (χ0n) is 49.2. The molecule has 1 atom stereocenters. The predicted octanol–water partition coefficient (Wildman–Crippen LogP) is 22.7. The van der Waals surface area contributed by atoms with Crippen LogP contribution in [0, 0.1) is 0 Å². The summed E-state index contributed by atoms with van der Waals surface area (Å²) in [6.07, 6.45) is 81.0. The SMILES string of the molecule is CCCCCCCCCC/C=C\CCCCCCCCCCCCCCCCCCCCCCCC(=O)OC(CO)COC(=O)CCCCCCCCCCCCCCCCCCCCCCCCCCC. The Morgan fingerprint density at radius 2 is 0.514 bits per heavy atom. The third-order valence-corrected chi connectivity index (χ3v) is 15.6. The maximum Gasteiger partial charge on any atom is 0.306 e. The number of hydrogen-bond acceptors (Lipinski definition) is 5. The molecule has 0 aromatic heterocycles. The number of rotatable bonds is 63. The molecule has 5 heteroatoms. The van der Waals surface area contributed by atoms with Gasteiger partial charge in [0.05, 0.1) is 6.61 Å². The van der Waals surface area contributed by atoms with Crippen LogP contribution in [0.2, 0.25) is 0 Å². The van der Waals surface area contributed by atoms with Gasteiger partial charge in [0.15, 0.2) is 6.10 Å². The maximum atomic E-state index is 12.3. The summed E-state index contributed by atoms with van der Waals surface area (Å²) in [5.74, 6) is -0.562. The quantitative estimate of drug-likeness (QED) is 0.0373. The number of aliphatic hydroxyl groups is 1. The van der Waals surface area contributed by atoms with Gasteiger partial charge in [-0.25, -0.2) is 0 Å². The summed E-state index contributed by atoms with van der Waals surface area (Å²) in [7, 11) is 0. The number of carbonyl (C=O) groups excluding carboxylic acids is 2. The minimum Gasteiger partial charge on any atom is -0.462 e. The van der Waals surface area contributed by atoms with E-state index in [1.54, 1.807) is 0 Å². The number of ether oxygens (including phenoxy) is 2. The molecule has 0 aromatic carbocycles. The first-order valence-corrected chi connectivity index (χ1v) is 33.2. The first kappa shape index (κ1) is 70.6. The van der Waals surface area contributed by atoms with Crippen LogP contribution in [-0.2, 0) is 19.1 Å². The maximum absolute atomic E-state index is 12.3. The van der Waals surface area contributed by atoms with Crippen LogP contribution in [0.5, 0.6) is 0 Å². The standard InChI is InChI=1S/C67H130O5/c1-3-5-7-9-11-13-15-17-19-21-23-25-27-29-30-31-32-33-34-35-36-38-40-42-44-46-48-50-52-54-56-58-60-62-67(70)72-65(63-68)64-71-66(69)61-59-57-55-53-51-49-47-45-43-41-39-37-28-26-24-22-20-18-16-14-12-10-8-6-4-2/h21,23,65,68H,3-20,22,24-64H2,1-2H3/b23-21-. The van der Waals surface area contributed by atoms with Crippen molar-refractivity contribution in [2.24, 2.45) is 0 Å². The summed E-state index contributed by atoms with van der Waals surface area (Å²) in [6, 6.07) is 0. The summed E-state index contributed by atoms with van der Waals surface area (Å²) in [5, 5.41) is 9.69. The molecule has 0 rings (SSSR count). The van der Waals surface area contributed by atoms with E-state index in [-0.39, 0.29) is 25.2 Å². The minimum atomic E-state index is -0.766. The molecule has 0 spiro atoms. The lowest BCUT2D eigenvalue weighted by molar-refractivity contribution is -0.161. The normalized spacial score (nSPS) is 12.1. The Hall–Kier alpha value is -1.36. The highest BCUT2D eigenvalue weighted by Gasteiger charge is 2.16. The molecule has 0 amide bonds. The monoisotopic (exact) mass is 1010 g/mol. The second-order valence-corrected chi connectivity index (χ2v) is 22.9. The Kier molecular flexibility index (Phi) is 62.7. The molecular formula is C67H130O5. The summed E-state index contributed by atoms with van der Waals surface area (Å²) in [6.45, 7) is 4.21. The highest BCUT2D eigenvalue weighted by Crippen LogP contribution is 2.19. The zero-order chi connectivity index (χ0) is 52.0. The number of esters is 2. The molecule has 0 aliphatic heterocycles. The largest absolute Gasteiger partial charge is 0.462 e.